The summed E-state index contributed by atoms with van der Waals surface area (Å²) in [6, 6.07) is 0.308. The summed E-state index contributed by atoms with van der Waals surface area (Å²) >= 11 is 0. The Kier molecular flexibility index (Phi) is 4.07. The van der Waals surface area contributed by atoms with Crippen LogP contribution in [0.1, 0.15) is 53.9 Å². The van der Waals surface area contributed by atoms with Gasteiger partial charge in [-0.1, -0.05) is 13.8 Å². The molecule has 1 aliphatic heterocycles. The van der Waals surface area contributed by atoms with Crippen LogP contribution in [0.3, 0.4) is 0 Å². The molecule has 2 fully saturated rings. The number of carbonyl (C=O) groups excluding carboxylic acids is 1. The van der Waals surface area contributed by atoms with Gasteiger partial charge in [-0.15, -0.1) is 0 Å². The molecule has 3 atom stereocenters. The van der Waals surface area contributed by atoms with E-state index in [2.05, 4.69) is 13.8 Å². The summed E-state index contributed by atoms with van der Waals surface area (Å²) < 4.78 is 5.58. The van der Waals surface area contributed by atoms with Gasteiger partial charge in [-0.2, -0.15) is 0 Å². The second kappa shape index (κ2) is 5.21. The van der Waals surface area contributed by atoms with Crippen molar-refractivity contribution in [2.45, 2.75) is 65.5 Å². The molecule has 0 radical (unpaired) electrons. The molecule has 1 aliphatic carbocycles. The van der Waals surface area contributed by atoms with Crippen molar-refractivity contribution < 1.29 is 9.53 Å². The summed E-state index contributed by atoms with van der Waals surface area (Å²) in [5.74, 6) is 1.07. The molecule has 0 bridgehead atoms. The number of piperidine rings is 1. The number of ether oxygens (including phenoxy) is 1. The molecule has 4 heteroatoms. The first-order valence-electron chi connectivity index (χ1n) is 7.88. The van der Waals surface area contributed by atoms with E-state index in [1.165, 1.54) is 6.42 Å². The fourth-order valence-electron chi connectivity index (χ4n) is 3.88. The molecule has 3 unspecified atom stereocenters. The summed E-state index contributed by atoms with van der Waals surface area (Å²) in [5.41, 5.74) is 5.73. The van der Waals surface area contributed by atoms with Crippen molar-refractivity contribution in [1.29, 1.82) is 0 Å². The smallest absolute Gasteiger partial charge is 0.410 e. The molecule has 20 heavy (non-hydrogen) atoms. The van der Waals surface area contributed by atoms with Crippen LogP contribution in [0, 0.1) is 17.3 Å². The third-order valence-electron chi connectivity index (χ3n) is 4.98. The van der Waals surface area contributed by atoms with E-state index in [-0.39, 0.29) is 11.5 Å². The van der Waals surface area contributed by atoms with Gasteiger partial charge in [-0.25, -0.2) is 4.79 Å². The Bertz CT molecular complexity index is 373. The summed E-state index contributed by atoms with van der Waals surface area (Å²) in [5, 5.41) is 0. The van der Waals surface area contributed by atoms with Crippen LogP contribution in [0.5, 0.6) is 0 Å². The summed E-state index contributed by atoms with van der Waals surface area (Å²) in [6.07, 6.45) is 3.22. The second-order valence-corrected chi connectivity index (χ2v) is 7.93. The average Bonchev–Trinajstić information content (AvgIpc) is 2.88. The molecule has 1 saturated heterocycles. The highest BCUT2D eigenvalue weighted by Crippen LogP contribution is 2.61. The van der Waals surface area contributed by atoms with E-state index in [0.29, 0.717) is 17.9 Å². The molecule has 0 spiro atoms. The van der Waals surface area contributed by atoms with Gasteiger partial charge in [0.1, 0.15) is 5.60 Å². The first kappa shape index (κ1) is 15.6. The topological polar surface area (TPSA) is 55.6 Å². The van der Waals surface area contributed by atoms with Crippen LogP contribution in [-0.2, 0) is 4.74 Å². The number of nitrogens with two attached hydrogens (primary N) is 1. The fraction of sp³-hybridized carbons (Fsp3) is 0.938. The van der Waals surface area contributed by atoms with Crippen molar-refractivity contribution in [3.63, 3.8) is 0 Å². The Morgan fingerprint density at radius 1 is 1.35 bits per heavy atom. The van der Waals surface area contributed by atoms with Crippen molar-refractivity contribution >= 4 is 6.09 Å². The number of likely N-dealkylation sites (tertiary alicyclic amines) is 1. The average molecular weight is 282 g/mol. The van der Waals surface area contributed by atoms with Crippen molar-refractivity contribution in [3.05, 3.63) is 0 Å². The molecular weight excluding hydrogens is 252 g/mol. The third kappa shape index (κ3) is 2.95. The maximum atomic E-state index is 12.4. The quantitative estimate of drug-likeness (QED) is 0.847. The normalized spacial score (nSPS) is 32.9. The zero-order valence-electron chi connectivity index (χ0n) is 13.6. The first-order chi connectivity index (χ1) is 9.18. The second-order valence-electron chi connectivity index (χ2n) is 7.93. The summed E-state index contributed by atoms with van der Waals surface area (Å²) in [6.45, 7) is 11.9. The predicted octanol–water partition coefficient (Wildman–Crippen LogP) is 3.01. The summed E-state index contributed by atoms with van der Waals surface area (Å²) in [4.78, 5) is 14.4. The minimum Gasteiger partial charge on any atom is -0.444 e. The Hall–Kier alpha value is -0.770. The van der Waals surface area contributed by atoms with Gasteiger partial charge in [0.15, 0.2) is 0 Å². The predicted molar refractivity (Wildman–Crippen MR) is 80.4 cm³/mol. The number of carbonyl (C=O) groups is 1. The van der Waals surface area contributed by atoms with Crippen molar-refractivity contribution in [3.8, 4) is 0 Å². The van der Waals surface area contributed by atoms with Gasteiger partial charge in [0, 0.05) is 12.6 Å². The molecule has 2 aliphatic rings. The minimum atomic E-state index is -0.425. The molecule has 0 aromatic carbocycles. The highest BCUT2D eigenvalue weighted by molar-refractivity contribution is 5.69. The molecule has 1 heterocycles. The van der Waals surface area contributed by atoms with Crippen LogP contribution in [0.2, 0.25) is 0 Å². The maximum Gasteiger partial charge on any atom is 0.410 e. The van der Waals surface area contributed by atoms with E-state index in [1.54, 1.807) is 0 Å². The molecule has 1 saturated carbocycles. The number of amides is 1. The molecule has 0 aromatic heterocycles. The van der Waals surface area contributed by atoms with Crippen molar-refractivity contribution in [2.24, 2.45) is 23.0 Å². The van der Waals surface area contributed by atoms with Crippen LogP contribution < -0.4 is 5.73 Å². The molecule has 2 rings (SSSR count). The maximum absolute atomic E-state index is 12.4. The SMILES string of the molecule is CC(C)(C)OC(=O)N1CCCCC1C1C(CN)C1(C)C. The monoisotopic (exact) mass is 282 g/mol. The van der Waals surface area contributed by atoms with Gasteiger partial charge in [-0.3, -0.25) is 0 Å². The van der Waals surface area contributed by atoms with Crippen LogP contribution in [0.15, 0.2) is 0 Å². The van der Waals surface area contributed by atoms with Gasteiger partial charge >= 0.3 is 6.09 Å². The lowest BCUT2D eigenvalue weighted by Gasteiger charge is -2.37. The molecule has 116 valence electrons. The Morgan fingerprint density at radius 3 is 2.50 bits per heavy atom. The van der Waals surface area contributed by atoms with Crippen LogP contribution in [0.4, 0.5) is 4.79 Å². The van der Waals surface area contributed by atoms with Gasteiger partial charge in [-0.05, 0) is 63.8 Å². The molecule has 4 nitrogen and oxygen atoms in total. The molecular formula is C16H30N2O2. The number of nitrogens with zero attached hydrogens (tertiary/aromatic N) is 1. The number of hydrogen-bond donors (Lipinski definition) is 1. The standard InChI is InChI=1S/C16H30N2O2/c1-15(2,3)20-14(19)18-9-7-6-8-12(18)13-11(10-17)16(13,4)5/h11-13H,6-10,17H2,1-5H3. The highest BCUT2D eigenvalue weighted by Gasteiger charge is 2.61. The van der Waals surface area contributed by atoms with Crippen molar-refractivity contribution in [1.82, 2.24) is 4.90 Å². The van der Waals surface area contributed by atoms with E-state index in [0.717, 1.165) is 25.9 Å². The third-order valence-corrected chi connectivity index (χ3v) is 4.98. The Balaban J connectivity index is 2.09. The number of hydrogen-bond acceptors (Lipinski definition) is 3. The first-order valence-corrected chi connectivity index (χ1v) is 7.88. The fourth-order valence-corrected chi connectivity index (χ4v) is 3.88. The van der Waals surface area contributed by atoms with Gasteiger partial charge in [0.2, 0.25) is 0 Å². The lowest BCUT2D eigenvalue weighted by Crippen LogP contribution is -2.48. The van der Waals surface area contributed by atoms with E-state index >= 15 is 0 Å². The zero-order valence-corrected chi connectivity index (χ0v) is 13.6. The molecule has 0 aromatic rings. The van der Waals surface area contributed by atoms with Crippen LogP contribution in [0.25, 0.3) is 0 Å². The lowest BCUT2D eigenvalue weighted by molar-refractivity contribution is 0.00516. The lowest BCUT2D eigenvalue weighted by atomic mass is 9.94. The Morgan fingerprint density at radius 2 is 2.00 bits per heavy atom. The van der Waals surface area contributed by atoms with E-state index < -0.39 is 5.60 Å². The largest absolute Gasteiger partial charge is 0.444 e. The van der Waals surface area contributed by atoms with Gasteiger partial charge in [0.05, 0.1) is 0 Å². The van der Waals surface area contributed by atoms with Crippen LogP contribution >= 0.6 is 0 Å². The molecule has 1 amide bonds. The van der Waals surface area contributed by atoms with E-state index in [1.807, 2.05) is 25.7 Å². The van der Waals surface area contributed by atoms with E-state index in [9.17, 15) is 4.79 Å². The summed E-state index contributed by atoms with van der Waals surface area (Å²) in [7, 11) is 0. The van der Waals surface area contributed by atoms with Gasteiger partial charge in [0.25, 0.3) is 0 Å². The highest BCUT2D eigenvalue weighted by atomic mass is 16.6. The zero-order chi connectivity index (χ0) is 15.1. The van der Waals surface area contributed by atoms with E-state index in [4.69, 9.17) is 10.5 Å². The van der Waals surface area contributed by atoms with Gasteiger partial charge < -0.3 is 15.4 Å². The number of rotatable bonds is 2. The van der Waals surface area contributed by atoms with Crippen LogP contribution in [-0.4, -0.2) is 35.7 Å². The Labute approximate surface area is 123 Å². The molecule has 2 N–H and O–H groups in total. The minimum absolute atomic E-state index is 0.152. The van der Waals surface area contributed by atoms with Crippen molar-refractivity contribution in [2.75, 3.05) is 13.1 Å².